The summed E-state index contributed by atoms with van der Waals surface area (Å²) in [5, 5.41) is 3.60. The van der Waals surface area contributed by atoms with Crippen LogP contribution in [-0.4, -0.2) is 11.0 Å². The number of nitrogens with zero attached hydrogens (tertiary/aromatic N) is 1. The van der Waals surface area contributed by atoms with Crippen molar-refractivity contribution < 1.29 is 0 Å². The minimum absolute atomic E-state index is 0.651. The van der Waals surface area contributed by atoms with Gasteiger partial charge in [0.1, 0.15) is 0 Å². The molecule has 1 fully saturated rings. The van der Waals surface area contributed by atoms with E-state index in [-0.39, 0.29) is 0 Å². The van der Waals surface area contributed by atoms with E-state index in [2.05, 4.69) is 30.2 Å². The highest BCUT2D eigenvalue weighted by atomic mass is 14.9. The van der Waals surface area contributed by atoms with E-state index in [4.69, 9.17) is 0 Å². The maximum absolute atomic E-state index is 4.15. The van der Waals surface area contributed by atoms with E-state index in [1.165, 1.54) is 30.5 Å². The van der Waals surface area contributed by atoms with E-state index in [0.717, 1.165) is 5.92 Å². The molecule has 2 heteroatoms. The van der Waals surface area contributed by atoms with Gasteiger partial charge < -0.3 is 5.32 Å². The van der Waals surface area contributed by atoms with Crippen LogP contribution in [0.4, 0.5) is 5.69 Å². The van der Waals surface area contributed by atoms with E-state index in [9.17, 15) is 0 Å². The van der Waals surface area contributed by atoms with Crippen molar-refractivity contribution in [1.29, 1.82) is 0 Å². The minimum Gasteiger partial charge on any atom is -0.381 e. The molecule has 0 unspecified atom stereocenters. The predicted molar refractivity (Wildman–Crippen MR) is 59.4 cm³/mol. The molecule has 1 heterocycles. The highest BCUT2D eigenvalue weighted by molar-refractivity contribution is 5.48. The maximum atomic E-state index is 4.15. The van der Waals surface area contributed by atoms with Crippen LogP contribution in [-0.2, 0) is 0 Å². The van der Waals surface area contributed by atoms with Crippen molar-refractivity contribution in [3.8, 4) is 0 Å². The van der Waals surface area contributed by atoms with Crippen molar-refractivity contribution in [1.82, 2.24) is 4.98 Å². The van der Waals surface area contributed by atoms with Crippen LogP contribution in [0.2, 0.25) is 0 Å². The van der Waals surface area contributed by atoms with Crippen molar-refractivity contribution in [3.63, 3.8) is 0 Å². The number of aromatic nitrogens is 1. The second kappa shape index (κ2) is 3.99. The molecule has 0 aromatic carbocycles. The molecule has 1 saturated carbocycles. The van der Waals surface area contributed by atoms with Crippen molar-refractivity contribution in [3.05, 3.63) is 24.0 Å². The molecule has 0 bridgehead atoms. The smallest absolute Gasteiger partial charge is 0.0558 e. The highest BCUT2D eigenvalue weighted by Gasteiger charge is 2.23. The molecule has 1 N–H and O–H groups in total. The molecule has 2 nitrogen and oxygen atoms in total. The first-order valence-electron chi connectivity index (χ1n) is 5.44. The molecule has 2 rings (SSSR count). The van der Waals surface area contributed by atoms with Gasteiger partial charge in [0, 0.05) is 12.2 Å². The van der Waals surface area contributed by atoms with Gasteiger partial charge in [-0.05, 0) is 37.3 Å². The average molecular weight is 190 g/mol. The van der Waals surface area contributed by atoms with Crippen LogP contribution in [0.25, 0.3) is 0 Å². The Labute approximate surface area is 85.7 Å². The Kier molecular flexibility index (Phi) is 2.71. The van der Waals surface area contributed by atoms with Crippen LogP contribution < -0.4 is 5.32 Å². The Bertz CT molecular complexity index is 309. The normalized spacial score (nSPS) is 26.4. The fourth-order valence-electron chi connectivity index (χ4n) is 2.17. The summed E-state index contributed by atoms with van der Waals surface area (Å²) >= 11 is 0. The molecule has 2 atom stereocenters. The van der Waals surface area contributed by atoms with Crippen LogP contribution in [0.1, 0.15) is 31.7 Å². The van der Waals surface area contributed by atoms with Crippen LogP contribution in [0.3, 0.4) is 0 Å². The van der Waals surface area contributed by atoms with Gasteiger partial charge in [-0.2, -0.15) is 0 Å². The van der Waals surface area contributed by atoms with Crippen molar-refractivity contribution >= 4 is 5.69 Å². The first-order valence-corrected chi connectivity index (χ1v) is 5.44. The number of hydrogen-bond acceptors (Lipinski definition) is 2. The number of pyridine rings is 1. The zero-order valence-corrected chi connectivity index (χ0v) is 8.96. The second-order valence-corrected chi connectivity index (χ2v) is 4.35. The summed E-state index contributed by atoms with van der Waals surface area (Å²) in [6.07, 6.45) is 7.80. The largest absolute Gasteiger partial charge is 0.381 e. The Balaban J connectivity index is 2.07. The Morgan fingerprint density at radius 2 is 2.29 bits per heavy atom. The first kappa shape index (κ1) is 9.50. The van der Waals surface area contributed by atoms with Crippen molar-refractivity contribution in [2.75, 3.05) is 5.32 Å². The van der Waals surface area contributed by atoms with Gasteiger partial charge in [0.05, 0.1) is 11.9 Å². The summed E-state index contributed by atoms with van der Waals surface area (Å²) in [5.41, 5.74) is 2.49. The Morgan fingerprint density at radius 1 is 1.43 bits per heavy atom. The van der Waals surface area contributed by atoms with Crippen molar-refractivity contribution in [2.45, 2.75) is 39.2 Å². The van der Waals surface area contributed by atoms with Gasteiger partial charge in [-0.15, -0.1) is 0 Å². The van der Waals surface area contributed by atoms with E-state index in [1.807, 2.05) is 12.4 Å². The third-order valence-corrected chi connectivity index (χ3v) is 3.24. The van der Waals surface area contributed by atoms with Crippen LogP contribution in [0.15, 0.2) is 18.5 Å². The van der Waals surface area contributed by atoms with Crippen LogP contribution >= 0.6 is 0 Å². The maximum Gasteiger partial charge on any atom is 0.0558 e. The zero-order chi connectivity index (χ0) is 9.97. The van der Waals surface area contributed by atoms with Gasteiger partial charge in [0.2, 0.25) is 0 Å². The molecule has 14 heavy (non-hydrogen) atoms. The summed E-state index contributed by atoms with van der Waals surface area (Å²) in [6.45, 7) is 4.46. The van der Waals surface area contributed by atoms with Gasteiger partial charge in [0.25, 0.3) is 0 Å². The molecule has 1 aliphatic carbocycles. The Morgan fingerprint density at radius 3 is 2.93 bits per heavy atom. The third kappa shape index (κ3) is 1.89. The SMILES string of the molecule is Cc1ccncc1N[C@H]1CCC[C@@H]1C. The summed E-state index contributed by atoms with van der Waals surface area (Å²) in [4.78, 5) is 4.15. The lowest BCUT2D eigenvalue weighted by Crippen LogP contribution is -2.22. The first-order chi connectivity index (χ1) is 6.77. The van der Waals surface area contributed by atoms with Gasteiger partial charge in [0.15, 0.2) is 0 Å². The lowest BCUT2D eigenvalue weighted by molar-refractivity contribution is 0.556. The minimum atomic E-state index is 0.651. The quantitative estimate of drug-likeness (QED) is 0.775. The average Bonchev–Trinajstić information content (AvgIpc) is 2.56. The summed E-state index contributed by atoms with van der Waals surface area (Å²) in [6, 6.07) is 2.71. The number of anilines is 1. The highest BCUT2D eigenvalue weighted by Crippen LogP contribution is 2.28. The molecule has 0 amide bonds. The van der Waals surface area contributed by atoms with Gasteiger partial charge >= 0.3 is 0 Å². The van der Waals surface area contributed by atoms with E-state index < -0.39 is 0 Å². The standard InChI is InChI=1S/C12H18N2/c1-9-4-3-5-11(9)14-12-8-13-7-6-10(12)2/h6-9,11,14H,3-5H2,1-2H3/t9-,11-/m0/s1. The molecule has 0 saturated heterocycles. The van der Waals surface area contributed by atoms with Gasteiger partial charge in [-0.1, -0.05) is 13.3 Å². The molecule has 1 aromatic rings. The molecule has 1 aromatic heterocycles. The van der Waals surface area contributed by atoms with Gasteiger partial charge in [-0.3, -0.25) is 4.98 Å². The lowest BCUT2D eigenvalue weighted by atomic mass is 10.1. The number of rotatable bonds is 2. The van der Waals surface area contributed by atoms with Crippen LogP contribution in [0, 0.1) is 12.8 Å². The fourth-order valence-corrected chi connectivity index (χ4v) is 2.17. The van der Waals surface area contributed by atoms with E-state index in [0.29, 0.717) is 6.04 Å². The zero-order valence-electron chi connectivity index (χ0n) is 8.96. The summed E-state index contributed by atoms with van der Waals surface area (Å²) in [5.74, 6) is 0.801. The molecule has 0 aliphatic heterocycles. The van der Waals surface area contributed by atoms with E-state index >= 15 is 0 Å². The third-order valence-electron chi connectivity index (χ3n) is 3.24. The molecule has 76 valence electrons. The predicted octanol–water partition coefficient (Wildman–Crippen LogP) is 2.99. The fraction of sp³-hybridized carbons (Fsp3) is 0.583. The molecule has 0 radical (unpaired) electrons. The Hall–Kier alpha value is -1.05. The molecular weight excluding hydrogens is 172 g/mol. The van der Waals surface area contributed by atoms with Crippen LogP contribution in [0.5, 0.6) is 0 Å². The van der Waals surface area contributed by atoms with Gasteiger partial charge in [-0.25, -0.2) is 0 Å². The topological polar surface area (TPSA) is 24.9 Å². The van der Waals surface area contributed by atoms with E-state index in [1.54, 1.807) is 0 Å². The molecule has 1 aliphatic rings. The number of aryl methyl sites for hydroxylation is 1. The lowest BCUT2D eigenvalue weighted by Gasteiger charge is -2.19. The number of hydrogen-bond donors (Lipinski definition) is 1. The number of nitrogens with one attached hydrogen (secondary N) is 1. The van der Waals surface area contributed by atoms with Crippen molar-refractivity contribution in [2.24, 2.45) is 5.92 Å². The molecular formula is C12H18N2. The second-order valence-electron chi connectivity index (χ2n) is 4.35. The summed E-state index contributed by atoms with van der Waals surface area (Å²) in [7, 11) is 0. The monoisotopic (exact) mass is 190 g/mol. The summed E-state index contributed by atoms with van der Waals surface area (Å²) < 4.78 is 0. The molecule has 0 spiro atoms.